The Bertz CT molecular complexity index is 1040. The van der Waals surface area contributed by atoms with Crippen molar-refractivity contribution in [3.05, 3.63) is 51.4 Å². The molecule has 0 saturated carbocycles. The fourth-order valence-electron chi connectivity index (χ4n) is 4.09. The molecule has 3 aromatic rings. The number of halogens is 1. The molecule has 1 aromatic carbocycles. The van der Waals surface area contributed by atoms with Crippen molar-refractivity contribution in [1.82, 2.24) is 14.5 Å². The van der Waals surface area contributed by atoms with Crippen LogP contribution in [-0.2, 0) is 25.8 Å². The Morgan fingerprint density at radius 1 is 1.10 bits per heavy atom. The number of aryl methyl sites for hydroxylation is 4. The van der Waals surface area contributed by atoms with Crippen molar-refractivity contribution in [1.29, 1.82) is 0 Å². The van der Waals surface area contributed by atoms with E-state index in [2.05, 4.69) is 56.4 Å². The highest BCUT2D eigenvalue weighted by molar-refractivity contribution is 9.10. The SMILES string of the molecule is CCc1cc(CC)nc(OCCCn2c3c(c4cc(Br)ccc42)CCCC3=O)n1. The third kappa shape index (κ3) is 4.08. The largest absolute Gasteiger partial charge is 0.463 e. The van der Waals surface area contributed by atoms with E-state index >= 15 is 0 Å². The molecule has 0 bridgehead atoms. The van der Waals surface area contributed by atoms with Crippen LogP contribution < -0.4 is 4.74 Å². The van der Waals surface area contributed by atoms with E-state index in [0.717, 1.165) is 65.7 Å². The Morgan fingerprint density at radius 3 is 2.59 bits per heavy atom. The van der Waals surface area contributed by atoms with Crippen LogP contribution in [0.3, 0.4) is 0 Å². The molecule has 152 valence electrons. The van der Waals surface area contributed by atoms with Gasteiger partial charge in [-0.2, -0.15) is 0 Å². The van der Waals surface area contributed by atoms with E-state index < -0.39 is 0 Å². The molecule has 0 aliphatic heterocycles. The average Bonchev–Trinajstić information content (AvgIpc) is 3.05. The lowest BCUT2D eigenvalue weighted by Crippen LogP contribution is -2.16. The second kappa shape index (κ2) is 8.66. The second-order valence-corrected chi connectivity index (χ2v) is 8.37. The Labute approximate surface area is 179 Å². The number of ether oxygens (including phenoxy) is 1. The number of rotatable bonds is 7. The number of benzene rings is 1. The first-order valence-electron chi connectivity index (χ1n) is 10.4. The summed E-state index contributed by atoms with van der Waals surface area (Å²) in [6.45, 7) is 5.44. The van der Waals surface area contributed by atoms with Crippen molar-refractivity contribution in [3.63, 3.8) is 0 Å². The van der Waals surface area contributed by atoms with Gasteiger partial charge in [0.1, 0.15) is 0 Å². The van der Waals surface area contributed by atoms with Crippen LogP contribution in [0.2, 0.25) is 0 Å². The van der Waals surface area contributed by atoms with Gasteiger partial charge in [0.05, 0.1) is 12.3 Å². The second-order valence-electron chi connectivity index (χ2n) is 7.46. The summed E-state index contributed by atoms with van der Waals surface area (Å²) in [5.41, 5.74) is 5.24. The smallest absolute Gasteiger partial charge is 0.316 e. The standard InChI is InChI=1S/C23H26BrN3O2/c1-3-16-14-17(4-2)26-23(25-16)29-12-6-11-27-20-10-9-15(24)13-19(20)18-7-5-8-21(28)22(18)27/h9-10,13-14H,3-8,11-12H2,1-2H3. The fourth-order valence-corrected chi connectivity index (χ4v) is 4.45. The van der Waals surface area contributed by atoms with E-state index in [4.69, 9.17) is 4.74 Å². The number of Topliss-reactive ketones (excluding diaryl/α,β-unsaturated/α-hetero) is 1. The topological polar surface area (TPSA) is 57.0 Å². The Hall–Kier alpha value is -2.21. The van der Waals surface area contributed by atoms with Gasteiger partial charge in [0.25, 0.3) is 0 Å². The van der Waals surface area contributed by atoms with Crippen LogP contribution in [0.15, 0.2) is 28.7 Å². The van der Waals surface area contributed by atoms with Crippen molar-refractivity contribution >= 4 is 32.6 Å². The minimum Gasteiger partial charge on any atom is -0.463 e. The molecule has 2 aromatic heterocycles. The summed E-state index contributed by atoms with van der Waals surface area (Å²) in [5, 5.41) is 1.19. The Morgan fingerprint density at radius 2 is 1.86 bits per heavy atom. The van der Waals surface area contributed by atoms with Gasteiger partial charge in [-0.05, 0) is 61.9 Å². The molecule has 0 N–H and O–H groups in total. The van der Waals surface area contributed by atoms with E-state index in [-0.39, 0.29) is 5.78 Å². The first-order valence-corrected chi connectivity index (χ1v) is 11.2. The van der Waals surface area contributed by atoms with Crippen molar-refractivity contribution in [3.8, 4) is 6.01 Å². The van der Waals surface area contributed by atoms with Gasteiger partial charge in [-0.15, -0.1) is 0 Å². The monoisotopic (exact) mass is 455 g/mol. The van der Waals surface area contributed by atoms with E-state index in [1.807, 2.05) is 12.1 Å². The summed E-state index contributed by atoms with van der Waals surface area (Å²) >= 11 is 3.57. The zero-order valence-electron chi connectivity index (χ0n) is 17.0. The van der Waals surface area contributed by atoms with E-state index in [9.17, 15) is 4.79 Å². The summed E-state index contributed by atoms with van der Waals surface area (Å²) in [4.78, 5) is 21.6. The van der Waals surface area contributed by atoms with Crippen molar-refractivity contribution in [2.75, 3.05) is 6.61 Å². The number of carbonyl (C=O) groups is 1. The first-order chi connectivity index (χ1) is 14.1. The zero-order valence-corrected chi connectivity index (χ0v) is 18.6. The molecular formula is C23H26BrN3O2. The molecule has 29 heavy (non-hydrogen) atoms. The third-order valence-corrected chi connectivity index (χ3v) is 6.01. The molecule has 0 unspecified atom stereocenters. The molecule has 1 aliphatic rings. The van der Waals surface area contributed by atoms with Crippen LogP contribution >= 0.6 is 15.9 Å². The third-order valence-electron chi connectivity index (χ3n) is 5.52. The quantitative estimate of drug-likeness (QED) is 0.453. The maximum absolute atomic E-state index is 12.7. The number of fused-ring (bicyclic) bond motifs is 3. The number of hydrogen-bond donors (Lipinski definition) is 0. The van der Waals surface area contributed by atoms with Crippen LogP contribution in [0.4, 0.5) is 0 Å². The van der Waals surface area contributed by atoms with Gasteiger partial charge in [0.2, 0.25) is 0 Å². The van der Waals surface area contributed by atoms with Crippen LogP contribution in [0.1, 0.15) is 60.5 Å². The number of ketones is 1. The van der Waals surface area contributed by atoms with Gasteiger partial charge in [-0.25, -0.2) is 9.97 Å². The summed E-state index contributed by atoms with van der Waals surface area (Å²) in [6.07, 6.45) is 5.07. The van der Waals surface area contributed by atoms with Gasteiger partial charge >= 0.3 is 6.01 Å². The maximum Gasteiger partial charge on any atom is 0.316 e. The van der Waals surface area contributed by atoms with Crippen LogP contribution in [0, 0.1) is 0 Å². The molecular weight excluding hydrogens is 430 g/mol. The lowest BCUT2D eigenvalue weighted by molar-refractivity contribution is 0.0963. The van der Waals surface area contributed by atoms with Crippen LogP contribution in [-0.4, -0.2) is 26.9 Å². The van der Waals surface area contributed by atoms with Crippen molar-refractivity contribution in [2.45, 2.75) is 58.9 Å². The predicted molar refractivity (Wildman–Crippen MR) is 118 cm³/mol. The highest BCUT2D eigenvalue weighted by Crippen LogP contribution is 2.34. The minimum atomic E-state index is 0.256. The molecule has 0 radical (unpaired) electrons. The lowest BCUT2D eigenvalue weighted by Gasteiger charge is -2.15. The van der Waals surface area contributed by atoms with Crippen molar-refractivity contribution < 1.29 is 9.53 Å². The lowest BCUT2D eigenvalue weighted by atomic mass is 9.94. The summed E-state index contributed by atoms with van der Waals surface area (Å²) in [7, 11) is 0. The minimum absolute atomic E-state index is 0.256. The Balaban J connectivity index is 1.52. The molecule has 0 atom stereocenters. The molecule has 5 nitrogen and oxygen atoms in total. The molecule has 0 spiro atoms. The summed E-state index contributed by atoms with van der Waals surface area (Å²) in [5.74, 6) is 0.256. The van der Waals surface area contributed by atoms with E-state index in [1.165, 1.54) is 10.9 Å². The van der Waals surface area contributed by atoms with E-state index in [1.54, 1.807) is 0 Å². The van der Waals surface area contributed by atoms with Gasteiger partial charge in [-0.1, -0.05) is 29.8 Å². The Kier molecular flexibility index (Phi) is 5.99. The van der Waals surface area contributed by atoms with Gasteiger partial charge < -0.3 is 9.30 Å². The van der Waals surface area contributed by atoms with Gasteiger partial charge in [0, 0.05) is 39.7 Å². The van der Waals surface area contributed by atoms with E-state index in [0.29, 0.717) is 19.0 Å². The number of carbonyl (C=O) groups excluding carboxylic acids is 1. The first kappa shape index (κ1) is 20.1. The van der Waals surface area contributed by atoms with Gasteiger partial charge in [0.15, 0.2) is 5.78 Å². The fraction of sp³-hybridized carbons (Fsp3) is 0.435. The maximum atomic E-state index is 12.7. The highest BCUT2D eigenvalue weighted by atomic mass is 79.9. The van der Waals surface area contributed by atoms with Crippen LogP contribution in [0.25, 0.3) is 10.9 Å². The normalized spacial score (nSPS) is 13.7. The van der Waals surface area contributed by atoms with Gasteiger partial charge in [-0.3, -0.25) is 4.79 Å². The number of aromatic nitrogens is 3. The molecule has 1 aliphatic carbocycles. The van der Waals surface area contributed by atoms with Crippen molar-refractivity contribution in [2.24, 2.45) is 0 Å². The molecule has 4 rings (SSSR count). The predicted octanol–water partition coefficient (Wildman–Crippen LogP) is 5.31. The van der Waals surface area contributed by atoms with Crippen LogP contribution in [0.5, 0.6) is 6.01 Å². The number of hydrogen-bond acceptors (Lipinski definition) is 4. The molecule has 0 fully saturated rings. The number of nitrogens with zero attached hydrogens (tertiary/aromatic N) is 3. The molecule has 2 heterocycles. The average molecular weight is 456 g/mol. The molecule has 0 amide bonds. The summed E-state index contributed by atoms with van der Waals surface area (Å²) < 4.78 is 9.09. The zero-order chi connectivity index (χ0) is 20.4. The highest BCUT2D eigenvalue weighted by Gasteiger charge is 2.25. The molecule has 0 saturated heterocycles. The summed E-state index contributed by atoms with van der Waals surface area (Å²) in [6, 6.07) is 8.78. The molecule has 6 heteroatoms.